The summed E-state index contributed by atoms with van der Waals surface area (Å²) in [5.74, 6) is -2.63. The summed E-state index contributed by atoms with van der Waals surface area (Å²) in [6, 6.07) is 9.12. The maximum Gasteiger partial charge on any atom is 0.446 e. The van der Waals surface area contributed by atoms with Crippen LogP contribution in [0.15, 0.2) is 42.5 Å². The van der Waals surface area contributed by atoms with Crippen LogP contribution in [0.4, 0.5) is 8.78 Å². The molecular weight excluding hydrogens is 278 g/mol. The van der Waals surface area contributed by atoms with Gasteiger partial charge in [0.1, 0.15) is 11.6 Å². The Bertz CT molecular complexity index is 699. The molecule has 100 valence electrons. The standard InChI is InChI=1S/C12H8F2O4S/c13-9-6-10(14)12(8-4-2-1-3-5-8)11(7-9)18-19(15,16)17/h1-7H,(H,15,16,17). The lowest BCUT2D eigenvalue weighted by molar-refractivity contribution is 0.385. The summed E-state index contributed by atoms with van der Waals surface area (Å²) < 4.78 is 61.1. The van der Waals surface area contributed by atoms with Gasteiger partial charge in [0.05, 0.1) is 5.56 Å². The predicted octanol–water partition coefficient (Wildman–Crippen LogP) is 2.81. The zero-order chi connectivity index (χ0) is 14.0. The van der Waals surface area contributed by atoms with Gasteiger partial charge >= 0.3 is 10.4 Å². The Labute approximate surface area is 108 Å². The largest absolute Gasteiger partial charge is 0.446 e. The number of hydrogen-bond donors (Lipinski definition) is 1. The van der Waals surface area contributed by atoms with Gasteiger partial charge in [-0.15, -0.1) is 0 Å². The van der Waals surface area contributed by atoms with Crippen LogP contribution < -0.4 is 4.18 Å². The summed E-state index contributed by atoms with van der Waals surface area (Å²) in [7, 11) is -4.87. The smallest absolute Gasteiger partial charge is 0.361 e. The van der Waals surface area contributed by atoms with E-state index in [2.05, 4.69) is 4.18 Å². The van der Waals surface area contributed by atoms with E-state index in [1.54, 1.807) is 18.2 Å². The lowest BCUT2D eigenvalue weighted by atomic mass is 10.0. The van der Waals surface area contributed by atoms with Crippen molar-refractivity contribution in [1.29, 1.82) is 0 Å². The molecule has 0 heterocycles. The van der Waals surface area contributed by atoms with Crippen molar-refractivity contribution in [3.05, 3.63) is 54.1 Å². The second kappa shape index (κ2) is 4.94. The van der Waals surface area contributed by atoms with Crippen LogP contribution in [0, 0.1) is 11.6 Å². The third kappa shape index (κ3) is 3.27. The highest BCUT2D eigenvalue weighted by molar-refractivity contribution is 7.81. The van der Waals surface area contributed by atoms with Crippen LogP contribution in [-0.4, -0.2) is 13.0 Å². The molecular formula is C12H8F2O4S. The molecule has 19 heavy (non-hydrogen) atoms. The summed E-state index contributed by atoms with van der Waals surface area (Å²) in [6.07, 6.45) is 0. The first-order valence-corrected chi connectivity index (χ1v) is 6.45. The van der Waals surface area contributed by atoms with Crippen molar-refractivity contribution in [1.82, 2.24) is 0 Å². The van der Waals surface area contributed by atoms with Crippen molar-refractivity contribution in [3.8, 4) is 16.9 Å². The molecule has 2 aromatic carbocycles. The molecule has 4 nitrogen and oxygen atoms in total. The van der Waals surface area contributed by atoms with Gasteiger partial charge in [-0.2, -0.15) is 8.42 Å². The number of rotatable bonds is 3. The number of hydrogen-bond acceptors (Lipinski definition) is 3. The van der Waals surface area contributed by atoms with Crippen molar-refractivity contribution in [2.24, 2.45) is 0 Å². The monoisotopic (exact) mass is 286 g/mol. The molecule has 2 rings (SSSR count). The van der Waals surface area contributed by atoms with E-state index >= 15 is 0 Å². The maximum atomic E-state index is 13.8. The molecule has 1 N–H and O–H groups in total. The molecule has 0 bridgehead atoms. The van der Waals surface area contributed by atoms with E-state index in [-0.39, 0.29) is 5.56 Å². The molecule has 0 spiro atoms. The fourth-order valence-electron chi connectivity index (χ4n) is 1.61. The van der Waals surface area contributed by atoms with E-state index in [9.17, 15) is 17.2 Å². The maximum absolute atomic E-state index is 13.8. The summed E-state index contributed by atoms with van der Waals surface area (Å²) in [5.41, 5.74) is 0.0401. The second-order valence-corrected chi connectivity index (χ2v) is 4.66. The quantitative estimate of drug-likeness (QED) is 0.881. The highest BCUT2D eigenvalue weighted by Crippen LogP contribution is 2.34. The average molecular weight is 286 g/mol. The van der Waals surface area contributed by atoms with E-state index in [1.807, 2.05) is 0 Å². The average Bonchev–Trinajstić information content (AvgIpc) is 2.27. The molecule has 0 saturated heterocycles. The summed E-state index contributed by atoms with van der Waals surface area (Å²) in [5, 5.41) is 0. The zero-order valence-electron chi connectivity index (χ0n) is 9.38. The van der Waals surface area contributed by atoms with Crippen molar-refractivity contribution in [2.75, 3.05) is 0 Å². The third-order valence-electron chi connectivity index (χ3n) is 2.28. The Balaban J connectivity index is 2.65. The first-order chi connectivity index (χ1) is 8.87. The van der Waals surface area contributed by atoms with Gasteiger partial charge in [0.2, 0.25) is 0 Å². The van der Waals surface area contributed by atoms with Crippen LogP contribution in [-0.2, 0) is 10.4 Å². The Morgan fingerprint density at radius 2 is 1.68 bits per heavy atom. The SMILES string of the molecule is O=S(=O)(O)Oc1cc(F)cc(F)c1-c1ccccc1. The van der Waals surface area contributed by atoms with Crippen LogP contribution >= 0.6 is 0 Å². The third-order valence-corrected chi connectivity index (χ3v) is 2.67. The van der Waals surface area contributed by atoms with Crippen molar-refractivity contribution in [3.63, 3.8) is 0 Å². The van der Waals surface area contributed by atoms with E-state index < -0.39 is 27.8 Å². The topological polar surface area (TPSA) is 63.6 Å². The van der Waals surface area contributed by atoms with Crippen molar-refractivity contribution < 1.29 is 25.9 Å². The lowest BCUT2D eigenvalue weighted by Crippen LogP contribution is -2.08. The highest BCUT2D eigenvalue weighted by atomic mass is 32.3. The van der Waals surface area contributed by atoms with Crippen LogP contribution in [0.5, 0.6) is 5.75 Å². The molecule has 0 aliphatic heterocycles. The van der Waals surface area contributed by atoms with Gasteiger partial charge in [0.15, 0.2) is 5.75 Å². The first kappa shape index (κ1) is 13.4. The van der Waals surface area contributed by atoms with Crippen molar-refractivity contribution in [2.45, 2.75) is 0 Å². The molecule has 0 radical (unpaired) electrons. The molecule has 0 unspecified atom stereocenters. The predicted molar refractivity (Wildman–Crippen MR) is 64.0 cm³/mol. The molecule has 0 aromatic heterocycles. The van der Waals surface area contributed by atoms with E-state index in [1.165, 1.54) is 12.1 Å². The van der Waals surface area contributed by atoms with Gasteiger partial charge in [0, 0.05) is 12.1 Å². The van der Waals surface area contributed by atoms with Gasteiger partial charge in [-0.05, 0) is 5.56 Å². The Morgan fingerprint density at radius 1 is 1.05 bits per heavy atom. The van der Waals surface area contributed by atoms with Crippen molar-refractivity contribution >= 4 is 10.4 Å². The minimum atomic E-state index is -4.87. The Hall–Kier alpha value is -1.99. The van der Waals surface area contributed by atoms with E-state index in [0.717, 1.165) is 0 Å². The van der Waals surface area contributed by atoms with Gasteiger partial charge in [0.25, 0.3) is 0 Å². The first-order valence-electron chi connectivity index (χ1n) is 5.08. The summed E-state index contributed by atoms with van der Waals surface area (Å²) in [6.45, 7) is 0. The minimum absolute atomic E-state index is 0.250. The number of benzene rings is 2. The summed E-state index contributed by atoms with van der Waals surface area (Å²) >= 11 is 0. The summed E-state index contributed by atoms with van der Waals surface area (Å²) in [4.78, 5) is 0. The van der Waals surface area contributed by atoms with Gasteiger partial charge < -0.3 is 4.18 Å². The minimum Gasteiger partial charge on any atom is -0.361 e. The van der Waals surface area contributed by atoms with Gasteiger partial charge in [-0.3, -0.25) is 4.55 Å². The van der Waals surface area contributed by atoms with Crippen LogP contribution in [0.3, 0.4) is 0 Å². The molecule has 0 amide bonds. The molecule has 0 saturated carbocycles. The Kier molecular flexibility index (Phi) is 3.50. The second-order valence-electron chi connectivity index (χ2n) is 3.64. The zero-order valence-corrected chi connectivity index (χ0v) is 10.2. The van der Waals surface area contributed by atoms with E-state index in [0.29, 0.717) is 17.7 Å². The van der Waals surface area contributed by atoms with Crippen LogP contribution in [0.1, 0.15) is 0 Å². The van der Waals surface area contributed by atoms with Crippen LogP contribution in [0.2, 0.25) is 0 Å². The normalized spacial score (nSPS) is 11.3. The number of halogens is 2. The lowest BCUT2D eigenvalue weighted by Gasteiger charge is -2.10. The fraction of sp³-hybridized carbons (Fsp3) is 0. The molecule has 0 aliphatic rings. The highest BCUT2D eigenvalue weighted by Gasteiger charge is 2.18. The Morgan fingerprint density at radius 3 is 2.26 bits per heavy atom. The molecule has 2 aromatic rings. The molecule has 0 atom stereocenters. The van der Waals surface area contributed by atoms with Gasteiger partial charge in [-0.25, -0.2) is 8.78 Å². The fourth-order valence-corrected chi connectivity index (χ4v) is 1.97. The van der Waals surface area contributed by atoms with E-state index in [4.69, 9.17) is 4.55 Å². The molecule has 0 fully saturated rings. The molecule has 0 aliphatic carbocycles. The molecule has 7 heteroatoms. The van der Waals surface area contributed by atoms with Crippen LogP contribution in [0.25, 0.3) is 11.1 Å². The van der Waals surface area contributed by atoms with Gasteiger partial charge in [-0.1, -0.05) is 30.3 Å².